The summed E-state index contributed by atoms with van der Waals surface area (Å²) in [5.74, 6) is 0. The molecule has 0 saturated heterocycles. The van der Waals surface area contributed by atoms with E-state index < -0.39 is 0 Å². The predicted molar refractivity (Wildman–Crippen MR) is 56.7 cm³/mol. The number of hydrogen-bond donors (Lipinski definition) is 0. The summed E-state index contributed by atoms with van der Waals surface area (Å²) in [5.41, 5.74) is 1.70. The normalized spacial score (nSPS) is 9.36. The van der Waals surface area contributed by atoms with Crippen molar-refractivity contribution in [2.45, 2.75) is 25.7 Å². The van der Waals surface area contributed by atoms with Gasteiger partial charge in [-0.25, -0.2) is 4.98 Å². The summed E-state index contributed by atoms with van der Waals surface area (Å²) < 4.78 is 0. The van der Waals surface area contributed by atoms with Gasteiger partial charge in [0.1, 0.15) is 11.8 Å². The number of nitriles is 1. The second-order valence-electron chi connectivity index (χ2n) is 3.20. The summed E-state index contributed by atoms with van der Waals surface area (Å²) in [4.78, 5) is 3.93. The van der Waals surface area contributed by atoms with E-state index in [1.165, 1.54) is 5.56 Å². The van der Waals surface area contributed by atoms with Crippen LogP contribution in [-0.2, 0) is 6.42 Å². The summed E-state index contributed by atoms with van der Waals surface area (Å²) in [6, 6.07) is 5.86. The Morgan fingerprint density at radius 3 is 3.07 bits per heavy atom. The quantitative estimate of drug-likeness (QED) is 0.523. The highest BCUT2D eigenvalue weighted by Gasteiger charge is 1.95. The van der Waals surface area contributed by atoms with Gasteiger partial charge < -0.3 is 0 Å². The van der Waals surface area contributed by atoms with Crippen LogP contribution in [0.25, 0.3) is 0 Å². The summed E-state index contributed by atoms with van der Waals surface area (Å²) in [6.07, 6.45) is 8.02. The van der Waals surface area contributed by atoms with Crippen molar-refractivity contribution < 1.29 is 0 Å². The summed E-state index contributed by atoms with van der Waals surface area (Å²) in [7, 11) is 0. The SMILES string of the molecule is C=CCCCCc1ccnc(C#N)c1. The number of unbranched alkanes of at least 4 members (excludes halogenated alkanes) is 2. The molecule has 0 aliphatic rings. The van der Waals surface area contributed by atoms with Gasteiger partial charge in [-0.1, -0.05) is 6.08 Å². The lowest BCUT2D eigenvalue weighted by atomic mass is 10.1. The van der Waals surface area contributed by atoms with Crippen molar-refractivity contribution in [2.24, 2.45) is 0 Å². The van der Waals surface area contributed by atoms with Crippen molar-refractivity contribution >= 4 is 0 Å². The Morgan fingerprint density at radius 1 is 1.50 bits per heavy atom. The number of aryl methyl sites for hydroxylation is 1. The van der Waals surface area contributed by atoms with Crippen LogP contribution in [0.3, 0.4) is 0 Å². The molecule has 0 unspecified atom stereocenters. The molecule has 1 aromatic heterocycles. The molecule has 0 aromatic carbocycles. The average Bonchev–Trinajstić information content (AvgIpc) is 2.25. The van der Waals surface area contributed by atoms with E-state index in [0.29, 0.717) is 5.69 Å². The Bertz CT molecular complexity index is 336. The molecule has 0 N–H and O–H groups in total. The first kappa shape index (κ1) is 10.5. The maximum absolute atomic E-state index is 8.65. The van der Waals surface area contributed by atoms with Crippen molar-refractivity contribution in [3.8, 4) is 6.07 Å². The van der Waals surface area contributed by atoms with E-state index in [2.05, 4.69) is 11.6 Å². The van der Waals surface area contributed by atoms with E-state index in [-0.39, 0.29) is 0 Å². The van der Waals surface area contributed by atoms with Gasteiger partial charge in [-0.3, -0.25) is 0 Å². The highest BCUT2D eigenvalue weighted by Crippen LogP contribution is 2.07. The third kappa shape index (κ3) is 3.40. The van der Waals surface area contributed by atoms with Crippen molar-refractivity contribution in [1.29, 1.82) is 5.26 Å². The zero-order valence-corrected chi connectivity index (χ0v) is 8.24. The summed E-state index contributed by atoms with van der Waals surface area (Å²) in [5, 5.41) is 8.65. The Kier molecular flexibility index (Phi) is 4.43. The minimum absolute atomic E-state index is 0.506. The first-order chi connectivity index (χ1) is 6.86. The van der Waals surface area contributed by atoms with Crippen molar-refractivity contribution in [2.75, 3.05) is 0 Å². The maximum Gasteiger partial charge on any atom is 0.140 e. The van der Waals surface area contributed by atoms with Gasteiger partial charge in [0.2, 0.25) is 0 Å². The van der Waals surface area contributed by atoms with Crippen LogP contribution in [0, 0.1) is 11.3 Å². The molecular weight excluding hydrogens is 172 g/mol. The fourth-order valence-electron chi connectivity index (χ4n) is 1.31. The van der Waals surface area contributed by atoms with E-state index in [0.717, 1.165) is 25.7 Å². The topological polar surface area (TPSA) is 36.7 Å². The fraction of sp³-hybridized carbons (Fsp3) is 0.333. The molecular formula is C12H14N2. The van der Waals surface area contributed by atoms with Crippen LogP contribution in [0.15, 0.2) is 31.0 Å². The van der Waals surface area contributed by atoms with Gasteiger partial charge in [0, 0.05) is 6.20 Å². The molecule has 0 aliphatic heterocycles. The molecule has 72 valence electrons. The van der Waals surface area contributed by atoms with Crippen LogP contribution < -0.4 is 0 Å². The Balaban J connectivity index is 2.43. The molecule has 0 fully saturated rings. The van der Waals surface area contributed by atoms with Crippen molar-refractivity contribution in [1.82, 2.24) is 4.98 Å². The fourth-order valence-corrected chi connectivity index (χ4v) is 1.31. The van der Waals surface area contributed by atoms with Crippen LogP contribution in [0.1, 0.15) is 30.5 Å². The van der Waals surface area contributed by atoms with E-state index in [9.17, 15) is 0 Å². The summed E-state index contributed by atoms with van der Waals surface area (Å²) >= 11 is 0. The predicted octanol–water partition coefficient (Wildman–Crippen LogP) is 2.85. The monoisotopic (exact) mass is 186 g/mol. The Labute approximate surface area is 84.9 Å². The van der Waals surface area contributed by atoms with E-state index >= 15 is 0 Å². The van der Waals surface area contributed by atoms with Crippen LogP contribution in [0.5, 0.6) is 0 Å². The molecule has 0 aliphatic carbocycles. The zero-order chi connectivity index (χ0) is 10.2. The first-order valence-corrected chi connectivity index (χ1v) is 4.82. The van der Waals surface area contributed by atoms with Crippen LogP contribution >= 0.6 is 0 Å². The van der Waals surface area contributed by atoms with E-state index in [1.807, 2.05) is 24.3 Å². The number of aromatic nitrogens is 1. The Morgan fingerprint density at radius 2 is 2.36 bits per heavy atom. The summed E-state index contributed by atoms with van der Waals surface area (Å²) in [6.45, 7) is 3.68. The molecule has 0 spiro atoms. The maximum atomic E-state index is 8.65. The molecule has 0 radical (unpaired) electrons. The third-order valence-corrected chi connectivity index (χ3v) is 2.06. The van der Waals surface area contributed by atoms with Gasteiger partial charge in [0.15, 0.2) is 0 Å². The second kappa shape index (κ2) is 5.93. The Hall–Kier alpha value is -1.62. The molecule has 2 nitrogen and oxygen atoms in total. The van der Waals surface area contributed by atoms with Crippen molar-refractivity contribution in [3.63, 3.8) is 0 Å². The highest BCUT2D eigenvalue weighted by atomic mass is 14.7. The standard InChI is InChI=1S/C12H14N2/c1-2-3-4-5-6-11-7-8-14-12(9-11)10-13/h2,7-9H,1,3-6H2. The largest absolute Gasteiger partial charge is 0.246 e. The number of nitrogens with zero attached hydrogens (tertiary/aromatic N) is 2. The van der Waals surface area contributed by atoms with E-state index in [4.69, 9.17) is 5.26 Å². The molecule has 1 aromatic rings. The lowest BCUT2D eigenvalue weighted by Crippen LogP contribution is -1.89. The molecule has 14 heavy (non-hydrogen) atoms. The lowest BCUT2D eigenvalue weighted by molar-refractivity contribution is 0.747. The molecule has 0 saturated carbocycles. The lowest BCUT2D eigenvalue weighted by Gasteiger charge is -1.99. The number of hydrogen-bond acceptors (Lipinski definition) is 2. The molecule has 2 heteroatoms. The van der Waals surface area contributed by atoms with Crippen LogP contribution in [0.2, 0.25) is 0 Å². The molecule has 1 heterocycles. The van der Waals surface area contributed by atoms with Crippen LogP contribution in [-0.4, -0.2) is 4.98 Å². The van der Waals surface area contributed by atoms with Gasteiger partial charge in [-0.2, -0.15) is 5.26 Å². The van der Waals surface area contributed by atoms with Gasteiger partial charge in [0.05, 0.1) is 0 Å². The first-order valence-electron chi connectivity index (χ1n) is 4.82. The van der Waals surface area contributed by atoms with Gasteiger partial charge in [-0.05, 0) is 43.4 Å². The van der Waals surface area contributed by atoms with Gasteiger partial charge in [0.25, 0.3) is 0 Å². The minimum Gasteiger partial charge on any atom is -0.246 e. The number of pyridine rings is 1. The van der Waals surface area contributed by atoms with E-state index in [1.54, 1.807) is 6.20 Å². The smallest absolute Gasteiger partial charge is 0.140 e. The van der Waals surface area contributed by atoms with Gasteiger partial charge in [-0.15, -0.1) is 6.58 Å². The zero-order valence-electron chi connectivity index (χ0n) is 8.24. The molecule has 0 bridgehead atoms. The van der Waals surface area contributed by atoms with Crippen molar-refractivity contribution in [3.05, 3.63) is 42.2 Å². The molecule has 1 rings (SSSR count). The second-order valence-corrected chi connectivity index (χ2v) is 3.20. The van der Waals surface area contributed by atoms with Crippen LogP contribution in [0.4, 0.5) is 0 Å². The molecule has 0 amide bonds. The van der Waals surface area contributed by atoms with Gasteiger partial charge >= 0.3 is 0 Å². The third-order valence-electron chi connectivity index (χ3n) is 2.06. The highest BCUT2D eigenvalue weighted by molar-refractivity contribution is 5.25. The minimum atomic E-state index is 0.506. The average molecular weight is 186 g/mol. The molecule has 0 atom stereocenters. The number of rotatable bonds is 5. The number of allylic oxidation sites excluding steroid dienone is 1.